The Kier molecular flexibility index (Phi) is 9.17. The first kappa shape index (κ1) is 29.5. The molecular weight excluding hydrogens is 560 g/mol. The molecule has 1 fully saturated rings. The number of anilines is 4. The first-order chi connectivity index (χ1) is 20.8. The normalized spacial score (nSPS) is 13.3. The Labute approximate surface area is 247 Å². The number of carbonyl (C=O) groups excluding carboxylic acids is 1. The van der Waals surface area contributed by atoms with E-state index in [0.29, 0.717) is 38.7 Å². The quantitative estimate of drug-likeness (QED) is 0.247. The third kappa shape index (κ3) is 7.28. The minimum Gasteiger partial charge on any atom is -0.415 e. The van der Waals surface area contributed by atoms with Gasteiger partial charge in [0.25, 0.3) is 0 Å². The summed E-state index contributed by atoms with van der Waals surface area (Å²) in [5.74, 6) is -0.114. The van der Waals surface area contributed by atoms with E-state index >= 15 is 0 Å². The minimum absolute atomic E-state index is 0.0209. The van der Waals surface area contributed by atoms with Crippen molar-refractivity contribution >= 4 is 29.0 Å². The Balaban J connectivity index is 1.52. The molecule has 1 aliphatic heterocycles. The van der Waals surface area contributed by atoms with Crippen LogP contribution in [0, 0.1) is 0 Å². The lowest BCUT2D eigenvalue weighted by Gasteiger charge is -2.30. The lowest BCUT2D eigenvalue weighted by atomic mass is 10.1. The highest BCUT2D eigenvalue weighted by atomic mass is 19.3. The molecule has 43 heavy (non-hydrogen) atoms. The lowest BCUT2D eigenvalue weighted by Crippen LogP contribution is -2.37. The number of pyridine rings is 1. The zero-order valence-corrected chi connectivity index (χ0v) is 23.7. The van der Waals surface area contributed by atoms with Gasteiger partial charge in [0, 0.05) is 49.2 Å². The van der Waals surface area contributed by atoms with Crippen molar-refractivity contribution < 1.29 is 23.0 Å². The van der Waals surface area contributed by atoms with Crippen molar-refractivity contribution in [2.24, 2.45) is 0 Å². The zero-order chi connectivity index (χ0) is 30.3. The van der Waals surface area contributed by atoms with Gasteiger partial charge in [-0.25, -0.2) is 9.67 Å². The van der Waals surface area contributed by atoms with Gasteiger partial charge in [-0.05, 0) is 26.2 Å². The van der Waals surface area contributed by atoms with Gasteiger partial charge in [-0.3, -0.25) is 4.79 Å². The second-order valence-electron chi connectivity index (χ2n) is 9.80. The molecule has 4 heterocycles. The molecule has 1 aliphatic rings. The number of alkyl halides is 2. The molecule has 1 saturated heterocycles. The van der Waals surface area contributed by atoms with E-state index in [2.05, 4.69) is 32.2 Å². The number of amides is 1. The number of carbonyl (C=O) groups is 1. The number of rotatable bonds is 11. The second-order valence-corrected chi connectivity index (χ2v) is 9.80. The number of nitrogens with zero attached hydrogens (tertiary/aromatic N) is 7. The minimum atomic E-state index is -3.15. The van der Waals surface area contributed by atoms with Crippen LogP contribution >= 0.6 is 0 Å². The van der Waals surface area contributed by atoms with Crippen molar-refractivity contribution in [2.45, 2.75) is 13.2 Å². The highest BCUT2D eigenvalue weighted by Crippen LogP contribution is 2.36. The summed E-state index contributed by atoms with van der Waals surface area (Å²) in [5, 5.41) is 10.4. The lowest BCUT2D eigenvalue weighted by molar-refractivity contribution is -0.111. The Morgan fingerprint density at radius 2 is 1.93 bits per heavy atom. The summed E-state index contributed by atoms with van der Waals surface area (Å²) in [5.41, 5.74) is 3.04. The van der Waals surface area contributed by atoms with E-state index in [1.165, 1.54) is 12.3 Å². The summed E-state index contributed by atoms with van der Waals surface area (Å²) >= 11 is 0. The van der Waals surface area contributed by atoms with Crippen LogP contribution in [-0.2, 0) is 16.1 Å². The molecule has 0 aliphatic carbocycles. The molecular formula is C29H31F2N9O3. The fourth-order valence-electron chi connectivity index (χ4n) is 4.52. The smallest absolute Gasteiger partial charge is 0.388 e. The van der Waals surface area contributed by atoms with Gasteiger partial charge in [-0.15, -0.1) is 0 Å². The fourth-order valence-corrected chi connectivity index (χ4v) is 4.52. The average molecular weight is 592 g/mol. The van der Waals surface area contributed by atoms with Crippen LogP contribution in [0.1, 0.15) is 5.56 Å². The number of halogens is 2. The van der Waals surface area contributed by atoms with E-state index in [4.69, 9.17) is 14.6 Å². The number of nitrogens with one attached hydrogen (secondary N) is 2. The van der Waals surface area contributed by atoms with Gasteiger partial charge in [0.2, 0.25) is 17.7 Å². The molecule has 1 amide bonds. The number of aromatic nitrogens is 5. The van der Waals surface area contributed by atoms with Crippen molar-refractivity contribution in [1.82, 2.24) is 29.6 Å². The van der Waals surface area contributed by atoms with E-state index in [1.54, 1.807) is 10.7 Å². The number of hydrogen-bond donors (Lipinski definition) is 2. The van der Waals surface area contributed by atoms with Gasteiger partial charge in [-0.1, -0.05) is 36.9 Å². The van der Waals surface area contributed by atoms with Crippen molar-refractivity contribution in [3.8, 4) is 23.0 Å². The van der Waals surface area contributed by atoms with Crippen molar-refractivity contribution in [1.29, 1.82) is 0 Å². The van der Waals surface area contributed by atoms with Crippen LogP contribution in [0.5, 0.6) is 5.88 Å². The molecule has 0 radical (unpaired) electrons. The summed E-state index contributed by atoms with van der Waals surface area (Å²) in [6, 6.07) is 12.9. The number of morpholine rings is 1. The van der Waals surface area contributed by atoms with Crippen molar-refractivity contribution in [3.63, 3.8) is 0 Å². The van der Waals surface area contributed by atoms with Gasteiger partial charge >= 0.3 is 6.61 Å². The predicted molar refractivity (Wildman–Crippen MR) is 158 cm³/mol. The first-order valence-electron chi connectivity index (χ1n) is 13.5. The molecule has 4 aromatic rings. The Morgan fingerprint density at radius 1 is 1.16 bits per heavy atom. The average Bonchev–Trinajstić information content (AvgIpc) is 3.42. The molecule has 0 spiro atoms. The fraction of sp³-hybridized carbons (Fsp3) is 0.276. The van der Waals surface area contributed by atoms with Crippen molar-refractivity contribution in [2.75, 3.05) is 55.9 Å². The van der Waals surface area contributed by atoms with Gasteiger partial charge in [0.05, 0.1) is 24.6 Å². The predicted octanol–water partition coefficient (Wildman–Crippen LogP) is 4.09. The van der Waals surface area contributed by atoms with Gasteiger partial charge in [0.15, 0.2) is 11.6 Å². The summed E-state index contributed by atoms with van der Waals surface area (Å²) < 4.78 is 38.8. The molecule has 12 nitrogen and oxygen atoms in total. The highest BCUT2D eigenvalue weighted by molar-refractivity contribution is 6.01. The van der Waals surface area contributed by atoms with Gasteiger partial charge < -0.3 is 29.9 Å². The number of hydrogen-bond acceptors (Lipinski definition) is 10. The van der Waals surface area contributed by atoms with Crippen LogP contribution in [0.4, 0.5) is 31.9 Å². The zero-order valence-electron chi connectivity index (χ0n) is 23.7. The van der Waals surface area contributed by atoms with E-state index in [1.807, 2.05) is 60.4 Å². The van der Waals surface area contributed by atoms with Crippen LogP contribution in [0.25, 0.3) is 17.1 Å². The molecule has 1 aromatic carbocycles. The maximum absolute atomic E-state index is 13.5. The van der Waals surface area contributed by atoms with E-state index in [0.717, 1.165) is 22.9 Å². The summed E-state index contributed by atoms with van der Waals surface area (Å²) in [4.78, 5) is 29.3. The maximum atomic E-state index is 13.5. The SMILES string of the molecule is C=CC(=O)Nc1cc(Nc2nccc(-n3cc(CN(C)C)c(-c4ccccc4)n3)n2)c(OC(F)F)nc1N1CCOCC1. The van der Waals surface area contributed by atoms with Crippen LogP contribution < -0.4 is 20.3 Å². The molecule has 2 N–H and O–H groups in total. The monoisotopic (exact) mass is 591 g/mol. The van der Waals surface area contributed by atoms with Crippen LogP contribution in [0.2, 0.25) is 0 Å². The largest absolute Gasteiger partial charge is 0.415 e. The molecule has 14 heteroatoms. The molecule has 224 valence electrons. The van der Waals surface area contributed by atoms with Gasteiger partial charge in [-0.2, -0.15) is 23.8 Å². The van der Waals surface area contributed by atoms with Crippen molar-refractivity contribution in [3.05, 3.63) is 73.1 Å². The molecule has 3 aromatic heterocycles. The maximum Gasteiger partial charge on any atom is 0.388 e. The Bertz CT molecular complexity index is 1570. The van der Waals surface area contributed by atoms with Gasteiger partial charge in [0.1, 0.15) is 5.69 Å². The Hall–Kier alpha value is -4.95. The highest BCUT2D eigenvalue weighted by Gasteiger charge is 2.23. The van der Waals surface area contributed by atoms with E-state index in [-0.39, 0.29) is 29.0 Å². The first-order valence-corrected chi connectivity index (χ1v) is 13.5. The summed E-state index contributed by atoms with van der Waals surface area (Å²) in [6.45, 7) is 2.71. The number of ether oxygens (including phenoxy) is 2. The topological polar surface area (TPSA) is 123 Å². The van der Waals surface area contributed by atoms with E-state index in [9.17, 15) is 13.6 Å². The third-order valence-electron chi connectivity index (χ3n) is 6.37. The summed E-state index contributed by atoms with van der Waals surface area (Å²) in [7, 11) is 3.95. The second kappa shape index (κ2) is 13.4. The standard InChI is InChI=1S/C29H31F2N9O3/c1-4-24(41)33-21-16-22(27(43-28(30)31)36-26(21)39-12-14-42-15-13-39)34-29-32-11-10-23(35-29)40-18-20(17-38(2)3)25(37-40)19-8-6-5-7-9-19/h4-11,16,18,28H,1,12-15,17H2,2-3H3,(H,33,41)(H,32,34,35). The van der Waals surface area contributed by atoms with E-state index < -0.39 is 12.5 Å². The van der Waals surface area contributed by atoms with Crippen LogP contribution in [0.15, 0.2) is 67.5 Å². The number of benzene rings is 1. The molecule has 0 saturated carbocycles. The molecule has 0 bridgehead atoms. The van der Waals surface area contributed by atoms with Crippen LogP contribution in [0.3, 0.4) is 0 Å². The van der Waals surface area contributed by atoms with Crippen LogP contribution in [-0.4, -0.2) is 82.5 Å². The summed E-state index contributed by atoms with van der Waals surface area (Å²) in [6.07, 6.45) is 4.51. The Morgan fingerprint density at radius 3 is 2.63 bits per heavy atom. The third-order valence-corrected chi connectivity index (χ3v) is 6.37. The molecule has 5 rings (SSSR count). The molecule has 0 unspecified atom stereocenters. The molecule has 0 atom stereocenters.